The molecule has 0 heterocycles. The first kappa shape index (κ1) is 31.1. The normalized spacial score (nSPS) is 12.8. The number of nitrogens with one attached hydrogen (secondary N) is 1. The van der Waals surface area contributed by atoms with Crippen LogP contribution in [0, 0.1) is 10.1 Å². The Morgan fingerprint density at radius 3 is 2.32 bits per heavy atom. The van der Waals surface area contributed by atoms with Gasteiger partial charge in [-0.05, 0) is 44.0 Å². The maximum absolute atomic E-state index is 13.7. The zero-order chi connectivity index (χ0) is 28.8. The van der Waals surface area contributed by atoms with Gasteiger partial charge in [-0.25, -0.2) is 8.42 Å². The number of carbonyl (C=O) groups is 2. The van der Waals surface area contributed by atoms with Crippen LogP contribution < -0.4 is 14.4 Å². The van der Waals surface area contributed by atoms with Crippen LogP contribution >= 0.6 is 23.2 Å². The maximum atomic E-state index is 13.7. The van der Waals surface area contributed by atoms with Gasteiger partial charge in [0.2, 0.25) is 21.8 Å². The molecule has 208 valence electrons. The van der Waals surface area contributed by atoms with E-state index in [2.05, 4.69) is 5.32 Å². The van der Waals surface area contributed by atoms with Crippen molar-refractivity contribution in [1.29, 1.82) is 0 Å². The standard InChI is InChI=1S/C24H30Cl2N4O7S/c1-6-15(2)27-24(32)16(3)28(13-17-7-9-19(25)20(26)11-17)23(31)14-29(38(5,35)36)21-12-18(30(33)34)8-10-22(21)37-4/h7-12,15-16H,6,13-14H2,1-5H3,(H,27,32)/t15-,16-/m0/s1. The number of sulfonamides is 1. The molecule has 0 saturated carbocycles. The third kappa shape index (κ3) is 7.95. The van der Waals surface area contributed by atoms with Gasteiger partial charge in [-0.1, -0.05) is 36.2 Å². The van der Waals surface area contributed by atoms with Gasteiger partial charge in [0, 0.05) is 24.7 Å². The number of methoxy groups -OCH3 is 1. The molecule has 2 aromatic carbocycles. The Morgan fingerprint density at radius 2 is 1.79 bits per heavy atom. The topological polar surface area (TPSA) is 139 Å². The highest BCUT2D eigenvalue weighted by Crippen LogP contribution is 2.34. The molecule has 1 N–H and O–H groups in total. The lowest BCUT2D eigenvalue weighted by atomic mass is 10.1. The van der Waals surface area contributed by atoms with Crippen molar-refractivity contribution < 1.29 is 27.7 Å². The number of non-ortho nitro benzene ring substituents is 1. The second-order valence-corrected chi connectivity index (χ2v) is 11.4. The summed E-state index contributed by atoms with van der Waals surface area (Å²) in [5.74, 6) is -1.17. The summed E-state index contributed by atoms with van der Waals surface area (Å²) in [5.41, 5.74) is -0.0330. The lowest BCUT2D eigenvalue weighted by Crippen LogP contribution is -2.52. The number of nitro benzene ring substituents is 1. The first-order valence-electron chi connectivity index (χ1n) is 11.5. The summed E-state index contributed by atoms with van der Waals surface area (Å²) in [5, 5.41) is 14.7. The number of ether oxygens (including phenoxy) is 1. The number of hydrogen-bond donors (Lipinski definition) is 1. The summed E-state index contributed by atoms with van der Waals surface area (Å²) in [6.45, 7) is 4.39. The summed E-state index contributed by atoms with van der Waals surface area (Å²) in [6.07, 6.45) is 1.52. The predicted molar refractivity (Wildman–Crippen MR) is 146 cm³/mol. The lowest BCUT2D eigenvalue weighted by molar-refractivity contribution is -0.384. The van der Waals surface area contributed by atoms with Crippen LogP contribution in [0.3, 0.4) is 0 Å². The van der Waals surface area contributed by atoms with Crippen LogP contribution in [0.2, 0.25) is 10.0 Å². The van der Waals surface area contributed by atoms with Crippen LogP contribution in [-0.4, -0.2) is 62.0 Å². The molecule has 14 heteroatoms. The summed E-state index contributed by atoms with van der Waals surface area (Å²) >= 11 is 12.1. The minimum Gasteiger partial charge on any atom is -0.495 e. The summed E-state index contributed by atoms with van der Waals surface area (Å²) in [4.78, 5) is 38.5. The maximum Gasteiger partial charge on any atom is 0.271 e. The number of nitro groups is 1. The second kappa shape index (κ2) is 13.1. The van der Waals surface area contributed by atoms with Crippen molar-refractivity contribution in [3.05, 3.63) is 62.1 Å². The van der Waals surface area contributed by atoms with Gasteiger partial charge in [0.15, 0.2) is 0 Å². The van der Waals surface area contributed by atoms with Crippen LogP contribution in [0.4, 0.5) is 11.4 Å². The average molecular weight is 589 g/mol. The molecular weight excluding hydrogens is 559 g/mol. The number of rotatable bonds is 12. The third-order valence-electron chi connectivity index (χ3n) is 5.83. The van der Waals surface area contributed by atoms with Crippen LogP contribution in [-0.2, 0) is 26.2 Å². The van der Waals surface area contributed by atoms with Gasteiger partial charge in [-0.15, -0.1) is 0 Å². The van der Waals surface area contributed by atoms with Crippen LogP contribution in [0.1, 0.15) is 32.8 Å². The highest BCUT2D eigenvalue weighted by Gasteiger charge is 2.32. The third-order valence-corrected chi connectivity index (χ3v) is 7.69. The second-order valence-electron chi connectivity index (χ2n) is 8.65. The molecular formula is C24H30Cl2N4O7S. The van der Waals surface area contributed by atoms with Gasteiger partial charge in [-0.3, -0.25) is 24.0 Å². The molecule has 0 bridgehead atoms. The molecule has 2 atom stereocenters. The Morgan fingerprint density at radius 1 is 1.13 bits per heavy atom. The molecule has 0 fully saturated rings. The Kier molecular flexibility index (Phi) is 10.7. The van der Waals surface area contributed by atoms with E-state index in [0.717, 1.165) is 18.4 Å². The van der Waals surface area contributed by atoms with Gasteiger partial charge < -0.3 is 15.0 Å². The quantitative estimate of drug-likeness (QED) is 0.292. The van der Waals surface area contributed by atoms with E-state index in [-0.39, 0.29) is 29.0 Å². The highest BCUT2D eigenvalue weighted by molar-refractivity contribution is 7.92. The number of nitrogens with zero attached hydrogens (tertiary/aromatic N) is 3. The zero-order valence-corrected chi connectivity index (χ0v) is 23.9. The molecule has 2 aromatic rings. The van der Waals surface area contributed by atoms with E-state index in [1.807, 2.05) is 13.8 Å². The smallest absolute Gasteiger partial charge is 0.271 e. The average Bonchev–Trinajstić information content (AvgIpc) is 2.85. The van der Waals surface area contributed by atoms with Gasteiger partial charge in [-0.2, -0.15) is 0 Å². The fourth-order valence-corrected chi connectivity index (χ4v) is 4.63. The molecule has 2 amide bonds. The number of hydrogen-bond acceptors (Lipinski definition) is 7. The van der Waals surface area contributed by atoms with Crippen molar-refractivity contribution >= 4 is 56.4 Å². The number of amides is 2. The minimum atomic E-state index is -4.13. The molecule has 0 unspecified atom stereocenters. The Labute approximate surface area is 231 Å². The number of halogens is 2. The van der Waals surface area contributed by atoms with Gasteiger partial charge in [0.25, 0.3) is 5.69 Å². The molecule has 0 spiro atoms. The van der Waals surface area contributed by atoms with Gasteiger partial charge in [0.1, 0.15) is 24.0 Å². The van der Waals surface area contributed by atoms with Crippen LogP contribution in [0.15, 0.2) is 36.4 Å². The summed E-state index contributed by atoms with van der Waals surface area (Å²) in [6, 6.07) is 6.97. The van der Waals surface area contributed by atoms with Gasteiger partial charge >= 0.3 is 0 Å². The van der Waals surface area contributed by atoms with Crippen LogP contribution in [0.25, 0.3) is 0 Å². The Hall–Kier alpha value is -3.09. The van der Waals surface area contributed by atoms with E-state index in [1.54, 1.807) is 18.2 Å². The van der Waals surface area contributed by atoms with Crippen molar-refractivity contribution in [2.45, 2.75) is 45.8 Å². The minimum absolute atomic E-state index is 0.00687. The Balaban J connectivity index is 2.53. The molecule has 38 heavy (non-hydrogen) atoms. The Bertz CT molecular complexity index is 1310. The summed E-state index contributed by atoms with van der Waals surface area (Å²) in [7, 11) is -2.86. The highest BCUT2D eigenvalue weighted by atomic mass is 35.5. The van der Waals surface area contributed by atoms with E-state index in [1.165, 1.54) is 25.0 Å². The van der Waals surface area contributed by atoms with E-state index >= 15 is 0 Å². The number of anilines is 1. The van der Waals surface area contributed by atoms with E-state index in [0.29, 0.717) is 21.3 Å². The first-order chi connectivity index (χ1) is 17.7. The van der Waals surface area contributed by atoms with Crippen molar-refractivity contribution in [1.82, 2.24) is 10.2 Å². The predicted octanol–water partition coefficient (Wildman–Crippen LogP) is 4.01. The molecule has 2 rings (SSSR count). The fourth-order valence-electron chi connectivity index (χ4n) is 3.46. The molecule has 0 saturated heterocycles. The fraction of sp³-hybridized carbons (Fsp3) is 0.417. The largest absolute Gasteiger partial charge is 0.495 e. The van der Waals surface area contributed by atoms with Crippen molar-refractivity contribution in [3.8, 4) is 5.75 Å². The monoisotopic (exact) mass is 588 g/mol. The molecule has 0 aliphatic heterocycles. The number of carbonyl (C=O) groups excluding carboxylic acids is 2. The van der Waals surface area contributed by atoms with Gasteiger partial charge in [0.05, 0.1) is 28.3 Å². The number of benzene rings is 2. The molecule has 0 aliphatic rings. The van der Waals surface area contributed by atoms with Crippen molar-refractivity contribution in [3.63, 3.8) is 0 Å². The molecule has 11 nitrogen and oxygen atoms in total. The molecule has 0 aromatic heterocycles. The summed E-state index contributed by atoms with van der Waals surface area (Å²) < 4.78 is 31.5. The van der Waals surface area contributed by atoms with E-state index in [9.17, 15) is 28.1 Å². The van der Waals surface area contributed by atoms with Crippen LogP contribution in [0.5, 0.6) is 5.75 Å². The molecule has 0 aliphatic carbocycles. The van der Waals surface area contributed by atoms with Crippen molar-refractivity contribution in [2.24, 2.45) is 0 Å². The first-order valence-corrected chi connectivity index (χ1v) is 14.1. The lowest BCUT2D eigenvalue weighted by Gasteiger charge is -2.32. The van der Waals surface area contributed by atoms with E-state index in [4.69, 9.17) is 27.9 Å². The van der Waals surface area contributed by atoms with Crippen molar-refractivity contribution in [2.75, 3.05) is 24.2 Å². The zero-order valence-electron chi connectivity index (χ0n) is 21.6. The molecule has 0 radical (unpaired) electrons. The SMILES string of the molecule is CC[C@H](C)NC(=O)[C@H](C)N(Cc1ccc(Cl)c(Cl)c1)C(=O)CN(c1cc([N+](=O)[O-])ccc1OC)S(C)(=O)=O. The van der Waals surface area contributed by atoms with E-state index < -0.39 is 45.0 Å².